The van der Waals surface area contributed by atoms with Crippen LogP contribution in [-0.4, -0.2) is 23.5 Å². The number of nitriles is 1. The van der Waals surface area contributed by atoms with Crippen LogP contribution in [-0.2, 0) is 10.0 Å². The first-order valence-electron chi connectivity index (χ1n) is 11.0. The monoisotopic (exact) mass is 529 g/mol. The average Bonchev–Trinajstić information content (AvgIpc) is 3.53. The number of nitrogens with one attached hydrogen (secondary N) is 1. The van der Waals surface area contributed by atoms with Gasteiger partial charge in [-0.2, -0.15) is 5.26 Å². The summed E-state index contributed by atoms with van der Waals surface area (Å²) in [6.07, 6.45) is 3.06. The second-order valence-electron chi connectivity index (χ2n) is 7.95. The van der Waals surface area contributed by atoms with Gasteiger partial charge >= 0.3 is 0 Å². The Morgan fingerprint density at radius 3 is 2.54 bits per heavy atom. The molecular formula is C26H19N5O4S2. The van der Waals surface area contributed by atoms with Gasteiger partial charge in [0.25, 0.3) is 10.0 Å². The van der Waals surface area contributed by atoms with Crippen LogP contribution >= 0.6 is 11.3 Å². The maximum absolute atomic E-state index is 12.8. The quantitative estimate of drug-likeness (QED) is 0.274. The summed E-state index contributed by atoms with van der Waals surface area (Å²) in [5.74, 6) is 1.14. The van der Waals surface area contributed by atoms with Gasteiger partial charge < -0.3 is 9.26 Å². The van der Waals surface area contributed by atoms with Gasteiger partial charge in [-0.15, -0.1) is 11.3 Å². The summed E-state index contributed by atoms with van der Waals surface area (Å²) in [6, 6.07) is 17.6. The lowest BCUT2D eigenvalue weighted by atomic mass is 10.0. The molecule has 0 fully saturated rings. The minimum absolute atomic E-state index is 0.0406. The van der Waals surface area contributed by atoms with Crippen LogP contribution in [0.4, 0.5) is 5.13 Å². The van der Waals surface area contributed by atoms with E-state index in [0.717, 1.165) is 28.2 Å². The molecule has 5 aromatic rings. The highest BCUT2D eigenvalue weighted by molar-refractivity contribution is 7.93. The Balaban J connectivity index is 1.55. The summed E-state index contributed by atoms with van der Waals surface area (Å²) in [5, 5.41) is 15.7. The first kappa shape index (κ1) is 24.2. The van der Waals surface area contributed by atoms with E-state index in [1.54, 1.807) is 18.5 Å². The predicted molar refractivity (Wildman–Crippen MR) is 139 cm³/mol. The van der Waals surface area contributed by atoms with Crippen molar-refractivity contribution in [3.63, 3.8) is 0 Å². The molecule has 3 aromatic heterocycles. The Kier molecular flexibility index (Phi) is 6.43. The van der Waals surface area contributed by atoms with Crippen molar-refractivity contribution in [1.82, 2.24) is 15.1 Å². The van der Waals surface area contributed by atoms with E-state index in [0.29, 0.717) is 22.8 Å². The zero-order valence-electron chi connectivity index (χ0n) is 19.7. The number of rotatable bonds is 7. The van der Waals surface area contributed by atoms with Crippen molar-refractivity contribution < 1.29 is 17.7 Å². The minimum Gasteiger partial charge on any atom is -0.454 e. The SMILES string of the molecule is Cc1noc(C)c1-c1cc(-c2ccccc2)ncc1Oc1ccc(S(=O)(=O)Nc2nccs2)cc1C#N. The lowest BCUT2D eigenvalue weighted by Gasteiger charge is -2.14. The highest BCUT2D eigenvalue weighted by Crippen LogP contribution is 2.39. The molecule has 0 spiro atoms. The third-order valence-corrected chi connectivity index (χ3v) is 7.65. The summed E-state index contributed by atoms with van der Waals surface area (Å²) < 4.78 is 39.5. The fourth-order valence-electron chi connectivity index (χ4n) is 3.77. The number of anilines is 1. The number of benzene rings is 2. The molecular weight excluding hydrogens is 510 g/mol. The number of aryl methyl sites for hydroxylation is 2. The van der Waals surface area contributed by atoms with Gasteiger partial charge in [0, 0.05) is 22.7 Å². The van der Waals surface area contributed by atoms with Crippen LogP contribution in [0.25, 0.3) is 22.4 Å². The zero-order chi connectivity index (χ0) is 26.0. The van der Waals surface area contributed by atoms with Crippen LogP contribution in [0.15, 0.2) is 81.8 Å². The van der Waals surface area contributed by atoms with Crippen LogP contribution in [0, 0.1) is 25.2 Å². The number of sulfonamides is 1. The van der Waals surface area contributed by atoms with E-state index >= 15 is 0 Å². The molecule has 0 radical (unpaired) electrons. The maximum Gasteiger partial charge on any atom is 0.263 e. The van der Waals surface area contributed by atoms with Crippen molar-refractivity contribution in [2.75, 3.05) is 4.72 Å². The Hall–Kier alpha value is -4.53. The van der Waals surface area contributed by atoms with E-state index in [1.807, 2.05) is 49.4 Å². The highest BCUT2D eigenvalue weighted by atomic mass is 32.2. The zero-order valence-corrected chi connectivity index (χ0v) is 21.3. The van der Waals surface area contributed by atoms with Gasteiger partial charge in [-0.25, -0.2) is 13.4 Å². The molecule has 0 aliphatic carbocycles. The van der Waals surface area contributed by atoms with Crippen molar-refractivity contribution in [1.29, 1.82) is 5.26 Å². The topological polar surface area (TPSA) is 131 Å². The first-order chi connectivity index (χ1) is 17.9. The molecule has 2 aromatic carbocycles. The lowest BCUT2D eigenvalue weighted by molar-refractivity contribution is 0.393. The summed E-state index contributed by atoms with van der Waals surface area (Å²) in [7, 11) is -3.94. The molecule has 0 aliphatic rings. The van der Waals surface area contributed by atoms with Gasteiger partial charge in [-0.3, -0.25) is 9.71 Å². The molecule has 1 N–H and O–H groups in total. The molecule has 3 heterocycles. The van der Waals surface area contributed by atoms with Gasteiger partial charge in [0.05, 0.1) is 33.6 Å². The van der Waals surface area contributed by atoms with Crippen LogP contribution in [0.3, 0.4) is 0 Å². The molecule has 0 atom stereocenters. The summed E-state index contributed by atoms with van der Waals surface area (Å²) in [6.45, 7) is 3.63. The van der Waals surface area contributed by atoms with E-state index in [1.165, 1.54) is 24.4 Å². The summed E-state index contributed by atoms with van der Waals surface area (Å²) in [4.78, 5) is 8.41. The number of thiazole rings is 1. The third-order valence-electron chi connectivity index (χ3n) is 5.50. The number of hydrogen-bond donors (Lipinski definition) is 1. The Labute approximate surface area is 217 Å². The standard InChI is InChI=1S/C26H19N5O4S2/c1-16-25(17(2)35-30-16)21-13-22(18-6-4-3-5-7-18)29-15-24(21)34-23-9-8-20(12-19(23)14-27)37(32,33)31-26-28-10-11-36-26/h3-13,15H,1-2H3,(H,28,31). The predicted octanol–water partition coefficient (Wildman–Crippen LogP) is 5.94. The molecule has 0 amide bonds. The number of hydrogen-bond acceptors (Lipinski definition) is 9. The van der Waals surface area contributed by atoms with Crippen molar-refractivity contribution in [2.24, 2.45) is 0 Å². The number of aromatic nitrogens is 3. The van der Waals surface area contributed by atoms with Gasteiger partial charge in [0.2, 0.25) is 0 Å². The summed E-state index contributed by atoms with van der Waals surface area (Å²) >= 11 is 1.15. The molecule has 184 valence electrons. The van der Waals surface area contributed by atoms with Crippen molar-refractivity contribution in [2.45, 2.75) is 18.7 Å². The van der Waals surface area contributed by atoms with Crippen molar-refractivity contribution in [3.05, 3.63) is 89.4 Å². The van der Waals surface area contributed by atoms with Crippen molar-refractivity contribution >= 4 is 26.5 Å². The molecule has 5 rings (SSSR count). The van der Waals surface area contributed by atoms with E-state index in [-0.39, 0.29) is 21.3 Å². The lowest BCUT2D eigenvalue weighted by Crippen LogP contribution is -2.13. The van der Waals surface area contributed by atoms with Crippen LogP contribution in [0.5, 0.6) is 11.5 Å². The summed E-state index contributed by atoms with van der Waals surface area (Å²) in [5.41, 5.74) is 3.78. The molecule has 0 unspecified atom stereocenters. The van der Waals surface area contributed by atoms with Gasteiger partial charge in [-0.1, -0.05) is 35.5 Å². The molecule has 9 nitrogen and oxygen atoms in total. The van der Waals surface area contributed by atoms with E-state index in [2.05, 4.69) is 19.8 Å². The second-order valence-corrected chi connectivity index (χ2v) is 10.5. The number of ether oxygens (including phenoxy) is 1. The first-order valence-corrected chi connectivity index (χ1v) is 13.3. The number of pyridine rings is 1. The Morgan fingerprint density at radius 1 is 1.05 bits per heavy atom. The smallest absolute Gasteiger partial charge is 0.263 e. The largest absolute Gasteiger partial charge is 0.454 e. The normalized spacial score (nSPS) is 11.2. The van der Waals surface area contributed by atoms with E-state index in [9.17, 15) is 13.7 Å². The van der Waals surface area contributed by atoms with Gasteiger partial charge in [0.15, 0.2) is 10.9 Å². The second kappa shape index (κ2) is 9.85. The third kappa shape index (κ3) is 4.93. The Bertz CT molecular complexity index is 1710. The molecule has 11 heteroatoms. The van der Waals surface area contributed by atoms with E-state index < -0.39 is 10.0 Å². The van der Waals surface area contributed by atoms with Crippen molar-refractivity contribution in [3.8, 4) is 40.0 Å². The fraction of sp³-hybridized carbons (Fsp3) is 0.0769. The average molecular weight is 530 g/mol. The molecule has 0 saturated carbocycles. The van der Waals surface area contributed by atoms with Gasteiger partial charge in [0.1, 0.15) is 17.6 Å². The fourth-order valence-corrected chi connectivity index (χ4v) is 5.59. The number of nitrogens with zero attached hydrogens (tertiary/aromatic N) is 4. The van der Waals surface area contributed by atoms with Crippen LogP contribution < -0.4 is 9.46 Å². The Morgan fingerprint density at radius 2 is 1.86 bits per heavy atom. The molecule has 0 aliphatic heterocycles. The molecule has 37 heavy (non-hydrogen) atoms. The van der Waals surface area contributed by atoms with Gasteiger partial charge in [-0.05, 0) is 38.1 Å². The molecule has 0 bridgehead atoms. The van der Waals surface area contributed by atoms with Crippen LogP contribution in [0.1, 0.15) is 17.0 Å². The molecule has 0 saturated heterocycles. The van der Waals surface area contributed by atoms with Crippen LogP contribution in [0.2, 0.25) is 0 Å². The highest BCUT2D eigenvalue weighted by Gasteiger charge is 2.21. The maximum atomic E-state index is 12.8. The van der Waals surface area contributed by atoms with E-state index in [4.69, 9.17) is 9.26 Å². The minimum atomic E-state index is -3.94.